The van der Waals surface area contributed by atoms with Crippen LogP contribution in [0.4, 0.5) is 0 Å². The Morgan fingerprint density at radius 3 is 1.38 bits per heavy atom. The summed E-state index contributed by atoms with van der Waals surface area (Å²) in [6.07, 6.45) is 2.26. The first kappa shape index (κ1) is 22.5. The van der Waals surface area contributed by atoms with E-state index in [1.54, 1.807) is 27.7 Å². The van der Waals surface area contributed by atoms with Crippen molar-refractivity contribution >= 4 is 11.9 Å². The summed E-state index contributed by atoms with van der Waals surface area (Å²) in [5, 5.41) is 25.3. The second kappa shape index (κ2) is 11.1. The first-order valence-electron chi connectivity index (χ1n) is 8.17. The standard InChI is InChI=1S/C16H30N2O6/c1-15(2,13(21)23-11-7-5-9-19)17-18-16(3,4)14(22)24-12-8-6-10-20/h19-20H,5-12H2,1-4H3. The average molecular weight is 346 g/mol. The summed E-state index contributed by atoms with van der Waals surface area (Å²) in [4.78, 5) is 24.0. The van der Waals surface area contributed by atoms with Crippen LogP contribution in [-0.4, -0.2) is 59.7 Å². The minimum Gasteiger partial charge on any atom is -0.464 e. The number of aliphatic hydroxyl groups excluding tert-OH is 2. The van der Waals surface area contributed by atoms with Crippen LogP contribution >= 0.6 is 0 Å². The maximum Gasteiger partial charge on any atom is 0.335 e. The van der Waals surface area contributed by atoms with E-state index in [9.17, 15) is 9.59 Å². The lowest BCUT2D eigenvalue weighted by Gasteiger charge is -2.21. The number of aliphatic hydroxyl groups is 2. The fourth-order valence-electron chi connectivity index (χ4n) is 1.44. The van der Waals surface area contributed by atoms with E-state index < -0.39 is 23.0 Å². The average Bonchev–Trinajstić information content (AvgIpc) is 2.53. The van der Waals surface area contributed by atoms with Gasteiger partial charge in [-0.3, -0.25) is 0 Å². The van der Waals surface area contributed by atoms with Crippen LogP contribution in [-0.2, 0) is 19.1 Å². The van der Waals surface area contributed by atoms with E-state index in [0.29, 0.717) is 25.7 Å². The number of esters is 2. The third kappa shape index (κ3) is 8.93. The normalized spacial score (nSPS) is 12.4. The number of hydrogen-bond acceptors (Lipinski definition) is 8. The molecule has 0 aromatic carbocycles. The van der Waals surface area contributed by atoms with Crippen molar-refractivity contribution in [3.05, 3.63) is 0 Å². The lowest BCUT2D eigenvalue weighted by atomic mass is 10.1. The van der Waals surface area contributed by atoms with Gasteiger partial charge in [-0.05, 0) is 53.4 Å². The molecule has 0 rings (SSSR count). The molecule has 0 amide bonds. The molecule has 0 saturated heterocycles. The molecule has 0 aromatic heterocycles. The number of unbranched alkanes of at least 4 members (excludes halogenated alkanes) is 2. The van der Waals surface area contributed by atoms with E-state index in [1.807, 2.05) is 0 Å². The van der Waals surface area contributed by atoms with Crippen LogP contribution in [0, 0.1) is 0 Å². The molecule has 0 aliphatic heterocycles. The number of rotatable bonds is 12. The number of nitrogens with zero attached hydrogens (tertiary/aromatic N) is 2. The molecule has 0 spiro atoms. The van der Waals surface area contributed by atoms with Crippen LogP contribution in [0.15, 0.2) is 10.2 Å². The highest BCUT2D eigenvalue weighted by molar-refractivity contribution is 5.81. The Morgan fingerprint density at radius 1 is 0.750 bits per heavy atom. The number of azo groups is 1. The Hall–Kier alpha value is -1.54. The number of hydrogen-bond donors (Lipinski definition) is 2. The van der Waals surface area contributed by atoms with Crippen molar-refractivity contribution < 1.29 is 29.3 Å². The topological polar surface area (TPSA) is 118 Å². The van der Waals surface area contributed by atoms with Gasteiger partial charge in [-0.15, -0.1) is 0 Å². The second-order valence-electron chi connectivity index (χ2n) is 6.45. The molecule has 0 aliphatic rings. The largest absolute Gasteiger partial charge is 0.464 e. The van der Waals surface area contributed by atoms with Gasteiger partial charge in [0.15, 0.2) is 11.1 Å². The van der Waals surface area contributed by atoms with Gasteiger partial charge in [0.1, 0.15) is 0 Å². The van der Waals surface area contributed by atoms with E-state index in [2.05, 4.69) is 10.2 Å². The molecular weight excluding hydrogens is 316 g/mol. The highest BCUT2D eigenvalue weighted by Crippen LogP contribution is 2.19. The van der Waals surface area contributed by atoms with Gasteiger partial charge in [0.05, 0.1) is 13.2 Å². The monoisotopic (exact) mass is 346 g/mol. The van der Waals surface area contributed by atoms with Crippen LogP contribution in [0.25, 0.3) is 0 Å². The number of carbonyl (C=O) groups is 2. The molecule has 24 heavy (non-hydrogen) atoms. The van der Waals surface area contributed by atoms with Crippen LogP contribution < -0.4 is 0 Å². The van der Waals surface area contributed by atoms with Crippen LogP contribution in [0.5, 0.6) is 0 Å². The summed E-state index contributed by atoms with van der Waals surface area (Å²) in [5.41, 5.74) is -2.43. The molecule has 140 valence electrons. The molecule has 0 aliphatic carbocycles. The van der Waals surface area contributed by atoms with Crippen LogP contribution in [0.2, 0.25) is 0 Å². The quantitative estimate of drug-likeness (QED) is 0.315. The van der Waals surface area contributed by atoms with Crippen molar-refractivity contribution in [2.75, 3.05) is 26.4 Å². The molecule has 0 unspecified atom stereocenters. The van der Waals surface area contributed by atoms with Gasteiger partial charge in [-0.2, -0.15) is 10.2 Å². The first-order chi connectivity index (χ1) is 11.2. The molecule has 0 saturated carbocycles. The fraction of sp³-hybridized carbons (Fsp3) is 0.875. The molecule has 8 nitrogen and oxygen atoms in total. The molecule has 0 fully saturated rings. The predicted octanol–water partition coefficient (Wildman–Crippen LogP) is 1.63. The highest BCUT2D eigenvalue weighted by Gasteiger charge is 2.34. The van der Waals surface area contributed by atoms with Gasteiger partial charge in [-0.25, -0.2) is 9.59 Å². The Balaban J connectivity index is 4.52. The Bertz CT molecular complexity index is 383. The molecule has 0 bridgehead atoms. The van der Waals surface area contributed by atoms with E-state index in [1.165, 1.54) is 0 Å². The van der Waals surface area contributed by atoms with Gasteiger partial charge < -0.3 is 19.7 Å². The third-order valence-corrected chi connectivity index (χ3v) is 3.12. The summed E-state index contributed by atoms with van der Waals surface area (Å²) in [7, 11) is 0. The van der Waals surface area contributed by atoms with Crippen LogP contribution in [0.1, 0.15) is 53.4 Å². The highest BCUT2D eigenvalue weighted by atomic mass is 16.5. The van der Waals surface area contributed by atoms with Crippen molar-refractivity contribution in [1.29, 1.82) is 0 Å². The van der Waals surface area contributed by atoms with Crippen molar-refractivity contribution in [2.24, 2.45) is 10.2 Å². The predicted molar refractivity (Wildman–Crippen MR) is 87.6 cm³/mol. The van der Waals surface area contributed by atoms with Crippen molar-refractivity contribution in [3.8, 4) is 0 Å². The van der Waals surface area contributed by atoms with Gasteiger partial charge in [-0.1, -0.05) is 0 Å². The second-order valence-corrected chi connectivity index (χ2v) is 6.45. The minimum atomic E-state index is -1.21. The zero-order chi connectivity index (χ0) is 18.6. The summed E-state index contributed by atoms with van der Waals surface area (Å²) >= 11 is 0. The first-order valence-corrected chi connectivity index (χ1v) is 8.17. The Kier molecular flexibility index (Phi) is 10.4. The summed E-state index contributed by atoms with van der Waals surface area (Å²) < 4.78 is 10.2. The summed E-state index contributed by atoms with van der Waals surface area (Å²) in [6, 6.07) is 0. The maximum absolute atomic E-state index is 12.0. The van der Waals surface area contributed by atoms with Gasteiger partial charge in [0.2, 0.25) is 0 Å². The van der Waals surface area contributed by atoms with E-state index in [-0.39, 0.29) is 26.4 Å². The lowest BCUT2D eigenvalue weighted by Crippen LogP contribution is -2.35. The molecule has 0 heterocycles. The summed E-state index contributed by atoms with van der Waals surface area (Å²) in [6.45, 7) is 6.70. The fourth-order valence-corrected chi connectivity index (χ4v) is 1.44. The maximum atomic E-state index is 12.0. The van der Waals surface area contributed by atoms with E-state index >= 15 is 0 Å². The van der Waals surface area contributed by atoms with Crippen molar-refractivity contribution in [1.82, 2.24) is 0 Å². The minimum absolute atomic E-state index is 0.0509. The summed E-state index contributed by atoms with van der Waals surface area (Å²) in [5.74, 6) is -1.09. The smallest absolute Gasteiger partial charge is 0.335 e. The third-order valence-electron chi connectivity index (χ3n) is 3.12. The molecule has 0 aromatic rings. The molecule has 0 radical (unpaired) electrons. The molecule has 2 N–H and O–H groups in total. The van der Waals surface area contributed by atoms with Gasteiger partial charge >= 0.3 is 11.9 Å². The number of ether oxygens (including phenoxy) is 2. The van der Waals surface area contributed by atoms with Crippen LogP contribution in [0.3, 0.4) is 0 Å². The molecular formula is C16H30N2O6. The molecule has 0 atom stereocenters. The zero-order valence-electron chi connectivity index (χ0n) is 15.1. The van der Waals surface area contributed by atoms with E-state index in [0.717, 1.165) is 0 Å². The molecule has 8 heteroatoms. The van der Waals surface area contributed by atoms with Crippen molar-refractivity contribution in [2.45, 2.75) is 64.5 Å². The zero-order valence-corrected chi connectivity index (χ0v) is 15.1. The van der Waals surface area contributed by atoms with E-state index in [4.69, 9.17) is 19.7 Å². The van der Waals surface area contributed by atoms with Gasteiger partial charge in [0.25, 0.3) is 0 Å². The number of carbonyl (C=O) groups excluding carboxylic acids is 2. The Morgan fingerprint density at radius 2 is 1.08 bits per heavy atom. The lowest BCUT2D eigenvalue weighted by molar-refractivity contribution is -0.151. The SMILES string of the molecule is CC(C)(N=NC(C)(C)C(=O)OCCCCO)C(=O)OCCCCO. The van der Waals surface area contributed by atoms with Crippen molar-refractivity contribution in [3.63, 3.8) is 0 Å². The Labute approximate surface area is 143 Å². The van der Waals surface area contributed by atoms with Gasteiger partial charge in [0, 0.05) is 13.2 Å².